The van der Waals surface area contributed by atoms with E-state index in [4.69, 9.17) is 15.3 Å². The Labute approximate surface area is 109 Å². The summed E-state index contributed by atoms with van der Waals surface area (Å²) >= 11 is 1.25. The van der Waals surface area contributed by atoms with Crippen molar-refractivity contribution < 1.29 is 14.3 Å². The Balaban J connectivity index is 1.72. The lowest BCUT2D eigenvalue weighted by Gasteiger charge is -2.22. The molecule has 0 spiro atoms. The van der Waals surface area contributed by atoms with Crippen molar-refractivity contribution in [2.24, 2.45) is 5.84 Å². The molecule has 1 amide bonds. The first-order valence-corrected chi connectivity index (χ1v) is 6.82. The Hall–Kier alpha value is -1.02. The van der Waals surface area contributed by atoms with Gasteiger partial charge in [0.1, 0.15) is 0 Å². The van der Waals surface area contributed by atoms with E-state index < -0.39 is 0 Å². The number of rotatable bonds is 5. The molecular formula is C11H17N3O3S. The monoisotopic (exact) mass is 271 g/mol. The topological polar surface area (TPSA) is 86.5 Å². The van der Waals surface area contributed by atoms with Gasteiger partial charge in [0.15, 0.2) is 5.01 Å². The van der Waals surface area contributed by atoms with Gasteiger partial charge in [-0.1, -0.05) is 0 Å². The minimum Gasteiger partial charge on any atom is -0.376 e. The Kier molecular flexibility index (Phi) is 5.06. The number of amides is 1. The molecule has 0 saturated carbocycles. The SMILES string of the molecule is NNC(=O)c1nc(COCC2CCCCO2)cs1. The van der Waals surface area contributed by atoms with Crippen molar-refractivity contribution in [1.29, 1.82) is 0 Å². The minimum atomic E-state index is -0.373. The van der Waals surface area contributed by atoms with Crippen molar-refractivity contribution in [1.82, 2.24) is 10.4 Å². The molecule has 2 rings (SSSR count). The maximum absolute atomic E-state index is 11.2. The number of nitrogens with one attached hydrogen (secondary N) is 1. The van der Waals surface area contributed by atoms with E-state index in [2.05, 4.69) is 10.4 Å². The number of hydrogen-bond donors (Lipinski definition) is 2. The molecule has 0 radical (unpaired) electrons. The van der Waals surface area contributed by atoms with Gasteiger partial charge >= 0.3 is 0 Å². The standard InChI is InChI=1S/C11H17N3O3S/c12-14-10(15)11-13-8(7-18-11)5-16-6-9-3-1-2-4-17-9/h7,9H,1-6,12H2,(H,14,15). The molecule has 1 fully saturated rings. The van der Waals surface area contributed by atoms with Gasteiger partial charge in [-0.2, -0.15) is 0 Å². The van der Waals surface area contributed by atoms with Crippen LogP contribution in [0.2, 0.25) is 0 Å². The number of carbonyl (C=O) groups is 1. The quantitative estimate of drug-likeness (QED) is 0.470. The first kappa shape index (κ1) is 13.4. The molecule has 1 unspecified atom stereocenters. The molecule has 0 aliphatic carbocycles. The first-order chi connectivity index (χ1) is 8.79. The molecular weight excluding hydrogens is 254 g/mol. The maximum atomic E-state index is 11.2. The molecule has 18 heavy (non-hydrogen) atoms. The first-order valence-electron chi connectivity index (χ1n) is 5.94. The number of nitrogens with two attached hydrogens (primary N) is 1. The third kappa shape index (κ3) is 3.74. The normalized spacial score (nSPS) is 19.7. The van der Waals surface area contributed by atoms with Crippen LogP contribution in [0.25, 0.3) is 0 Å². The second kappa shape index (κ2) is 6.79. The Morgan fingerprint density at radius 2 is 2.56 bits per heavy atom. The average molecular weight is 271 g/mol. The number of carbonyl (C=O) groups excluding carboxylic acids is 1. The average Bonchev–Trinajstić information content (AvgIpc) is 2.88. The van der Waals surface area contributed by atoms with Gasteiger partial charge < -0.3 is 9.47 Å². The molecule has 3 N–H and O–H groups in total. The largest absolute Gasteiger partial charge is 0.376 e. The molecule has 1 saturated heterocycles. The number of hydrogen-bond acceptors (Lipinski definition) is 6. The maximum Gasteiger partial charge on any atom is 0.294 e. The van der Waals surface area contributed by atoms with Gasteiger partial charge in [0.2, 0.25) is 0 Å². The molecule has 1 atom stereocenters. The van der Waals surface area contributed by atoms with Gasteiger partial charge in [-0.15, -0.1) is 11.3 Å². The summed E-state index contributed by atoms with van der Waals surface area (Å²) in [6.45, 7) is 1.80. The van der Waals surface area contributed by atoms with Crippen LogP contribution in [0.4, 0.5) is 0 Å². The Bertz CT molecular complexity index is 391. The molecule has 1 aromatic heterocycles. The van der Waals surface area contributed by atoms with E-state index in [1.54, 1.807) is 5.38 Å². The number of hydrazine groups is 1. The highest BCUT2D eigenvalue weighted by molar-refractivity contribution is 7.11. The summed E-state index contributed by atoms with van der Waals surface area (Å²) in [6.07, 6.45) is 3.59. The third-order valence-electron chi connectivity index (χ3n) is 2.70. The molecule has 100 valence electrons. The third-order valence-corrected chi connectivity index (χ3v) is 3.59. The summed E-state index contributed by atoms with van der Waals surface area (Å²) in [5.74, 6) is 4.66. The second-order valence-electron chi connectivity index (χ2n) is 4.12. The smallest absolute Gasteiger partial charge is 0.294 e. The fraction of sp³-hybridized carbons (Fsp3) is 0.636. The lowest BCUT2D eigenvalue weighted by Crippen LogP contribution is -2.29. The van der Waals surface area contributed by atoms with Gasteiger partial charge in [-0.05, 0) is 19.3 Å². The summed E-state index contributed by atoms with van der Waals surface area (Å²) in [6, 6.07) is 0. The van der Waals surface area contributed by atoms with E-state index in [1.165, 1.54) is 17.8 Å². The molecule has 7 heteroatoms. The zero-order chi connectivity index (χ0) is 12.8. The fourth-order valence-electron chi connectivity index (χ4n) is 1.77. The number of ether oxygens (including phenoxy) is 2. The van der Waals surface area contributed by atoms with Crippen molar-refractivity contribution in [3.05, 3.63) is 16.1 Å². The summed E-state index contributed by atoms with van der Waals surface area (Å²) in [7, 11) is 0. The van der Waals surface area contributed by atoms with E-state index in [-0.39, 0.29) is 12.0 Å². The summed E-state index contributed by atoms with van der Waals surface area (Å²) < 4.78 is 11.1. The fourth-order valence-corrected chi connectivity index (χ4v) is 2.48. The zero-order valence-electron chi connectivity index (χ0n) is 10.1. The predicted molar refractivity (Wildman–Crippen MR) is 67.0 cm³/mol. The van der Waals surface area contributed by atoms with Crippen LogP contribution in [0.3, 0.4) is 0 Å². The second-order valence-corrected chi connectivity index (χ2v) is 4.98. The van der Waals surface area contributed by atoms with Gasteiger partial charge in [0, 0.05) is 12.0 Å². The summed E-state index contributed by atoms with van der Waals surface area (Å²) in [5, 5.41) is 2.15. The van der Waals surface area contributed by atoms with Crippen molar-refractivity contribution >= 4 is 17.2 Å². The van der Waals surface area contributed by atoms with Crippen molar-refractivity contribution in [2.45, 2.75) is 32.0 Å². The molecule has 1 aliphatic rings. The summed E-state index contributed by atoms with van der Waals surface area (Å²) in [5.41, 5.74) is 2.80. The van der Waals surface area contributed by atoms with Crippen molar-refractivity contribution in [3.63, 3.8) is 0 Å². The number of nitrogens with zero attached hydrogens (tertiary/aromatic N) is 1. The van der Waals surface area contributed by atoms with Crippen LogP contribution in [0, 0.1) is 0 Å². The van der Waals surface area contributed by atoms with Crippen LogP contribution in [0.5, 0.6) is 0 Å². The van der Waals surface area contributed by atoms with E-state index in [0.717, 1.165) is 25.1 Å². The van der Waals surface area contributed by atoms with Crippen LogP contribution < -0.4 is 11.3 Å². The number of thiazole rings is 1. The van der Waals surface area contributed by atoms with E-state index in [0.29, 0.717) is 18.2 Å². The van der Waals surface area contributed by atoms with Crippen LogP contribution in [-0.2, 0) is 16.1 Å². The minimum absolute atomic E-state index is 0.198. The lowest BCUT2D eigenvalue weighted by molar-refractivity contribution is -0.0452. The predicted octanol–water partition coefficient (Wildman–Crippen LogP) is 0.832. The molecule has 0 bridgehead atoms. The van der Waals surface area contributed by atoms with Gasteiger partial charge in [-0.25, -0.2) is 10.8 Å². The Morgan fingerprint density at radius 1 is 1.67 bits per heavy atom. The highest BCUT2D eigenvalue weighted by atomic mass is 32.1. The number of nitrogen functional groups attached to an aromatic ring is 1. The van der Waals surface area contributed by atoms with Crippen LogP contribution >= 0.6 is 11.3 Å². The Morgan fingerprint density at radius 3 is 3.28 bits per heavy atom. The number of aromatic nitrogens is 1. The molecule has 1 aromatic rings. The van der Waals surface area contributed by atoms with Gasteiger partial charge in [-0.3, -0.25) is 10.2 Å². The van der Waals surface area contributed by atoms with Gasteiger partial charge in [0.25, 0.3) is 5.91 Å². The summed E-state index contributed by atoms with van der Waals surface area (Å²) in [4.78, 5) is 15.3. The highest BCUT2D eigenvalue weighted by Crippen LogP contribution is 2.14. The van der Waals surface area contributed by atoms with Crippen LogP contribution in [-0.4, -0.2) is 30.2 Å². The molecule has 2 heterocycles. The van der Waals surface area contributed by atoms with Crippen molar-refractivity contribution in [3.8, 4) is 0 Å². The highest BCUT2D eigenvalue weighted by Gasteiger charge is 2.14. The van der Waals surface area contributed by atoms with E-state index >= 15 is 0 Å². The van der Waals surface area contributed by atoms with Crippen molar-refractivity contribution in [2.75, 3.05) is 13.2 Å². The lowest BCUT2D eigenvalue weighted by atomic mass is 10.1. The van der Waals surface area contributed by atoms with Crippen LogP contribution in [0.1, 0.15) is 34.8 Å². The van der Waals surface area contributed by atoms with Crippen LogP contribution in [0.15, 0.2) is 5.38 Å². The van der Waals surface area contributed by atoms with E-state index in [1.807, 2.05) is 0 Å². The molecule has 6 nitrogen and oxygen atoms in total. The zero-order valence-corrected chi connectivity index (χ0v) is 10.9. The van der Waals surface area contributed by atoms with E-state index in [9.17, 15) is 4.79 Å². The molecule has 1 aliphatic heterocycles. The van der Waals surface area contributed by atoms with Gasteiger partial charge in [0.05, 0.1) is 25.0 Å². The molecule has 0 aromatic carbocycles.